The van der Waals surface area contributed by atoms with Gasteiger partial charge in [-0.3, -0.25) is 14.5 Å². The zero-order valence-corrected chi connectivity index (χ0v) is 12.0. The second-order valence-electron chi connectivity index (χ2n) is 4.83. The lowest BCUT2D eigenvalue weighted by molar-refractivity contribution is -0.107. The molecule has 5 heteroatoms. The number of rotatable bonds is 1. The van der Waals surface area contributed by atoms with E-state index in [2.05, 4.69) is 0 Å². The summed E-state index contributed by atoms with van der Waals surface area (Å²) in [5.74, 6) is 0. The molecule has 0 atom stereocenters. The minimum Gasteiger partial charge on any atom is -0.309 e. The topological polar surface area (TPSA) is 40.6 Å². The minimum atomic E-state index is -0.565. The second-order valence-corrected chi connectivity index (χ2v) is 5.15. The number of hydrogen-bond donors (Lipinski definition) is 0. The van der Waals surface area contributed by atoms with E-state index in [0.29, 0.717) is 24.5 Å². The van der Waals surface area contributed by atoms with E-state index in [0.717, 1.165) is 17.5 Å². The van der Waals surface area contributed by atoms with Crippen molar-refractivity contribution in [2.45, 2.75) is 13.1 Å². The summed E-state index contributed by atoms with van der Waals surface area (Å²) in [6.45, 7) is 0.864. The standard InChI is InChI=1S/C16H13ClN2O2/c17-16(21)19-10-13-6-2-1-5-12(13)9-18(11-20)14-7-3-4-8-15(14)19/h1-8,11H,9-10H2. The lowest BCUT2D eigenvalue weighted by Crippen LogP contribution is -2.32. The molecule has 0 radical (unpaired) electrons. The van der Waals surface area contributed by atoms with Gasteiger partial charge in [-0.1, -0.05) is 36.4 Å². The van der Waals surface area contributed by atoms with Crippen LogP contribution in [0.5, 0.6) is 0 Å². The average Bonchev–Trinajstić information content (AvgIpc) is 2.49. The molecular weight excluding hydrogens is 288 g/mol. The van der Waals surface area contributed by atoms with Crippen LogP contribution in [-0.2, 0) is 17.9 Å². The van der Waals surface area contributed by atoms with Crippen LogP contribution in [0.4, 0.5) is 16.2 Å². The van der Waals surface area contributed by atoms with Gasteiger partial charge in [0.2, 0.25) is 6.41 Å². The number of hydrogen-bond acceptors (Lipinski definition) is 2. The van der Waals surface area contributed by atoms with Gasteiger partial charge >= 0.3 is 5.37 Å². The van der Waals surface area contributed by atoms with Crippen molar-refractivity contribution in [1.29, 1.82) is 0 Å². The van der Waals surface area contributed by atoms with Gasteiger partial charge in [0.15, 0.2) is 0 Å². The van der Waals surface area contributed by atoms with Crippen molar-refractivity contribution in [3.05, 3.63) is 59.7 Å². The smallest absolute Gasteiger partial charge is 0.309 e. The maximum Gasteiger partial charge on any atom is 0.321 e. The van der Waals surface area contributed by atoms with E-state index in [1.807, 2.05) is 42.5 Å². The van der Waals surface area contributed by atoms with E-state index in [1.165, 1.54) is 4.90 Å². The predicted octanol–water partition coefficient (Wildman–Crippen LogP) is 3.53. The number of nitrogens with zero attached hydrogens (tertiary/aromatic N) is 2. The molecule has 2 amide bonds. The van der Waals surface area contributed by atoms with Crippen molar-refractivity contribution >= 4 is 34.8 Å². The normalized spacial score (nSPS) is 13.8. The molecule has 2 aromatic carbocycles. The molecule has 1 heterocycles. The van der Waals surface area contributed by atoms with Crippen LogP contribution in [0.15, 0.2) is 48.5 Å². The lowest BCUT2D eigenvalue weighted by Gasteiger charge is -2.31. The Morgan fingerprint density at radius 2 is 1.52 bits per heavy atom. The fourth-order valence-electron chi connectivity index (χ4n) is 2.58. The summed E-state index contributed by atoms with van der Waals surface area (Å²) >= 11 is 5.75. The molecule has 0 saturated carbocycles. The van der Waals surface area contributed by atoms with Crippen LogP contribution < -0.4 is 9.80 Å². The molecule has 0 N–H and O–H groups in total. The molecular formula is C16H13ClN2O2. The van der Waals surface area contributed by atoms with Crippen LogP contribution in [0.25, 0.3) is 0 Å². The predicted molar refractivity (Wildman–Crippen MR) is 82.6 cm³/mol. The lowest BCUT2D eigenvalue weighted by atomic mass is 10.0. The number of halogens is 1. The third-order valence-corrected chi connectivity index (χ3v) is 3.81. The van der Waals surface area contributed by atoms with E-state index in [1.54, 1.807) is 11.0 Å². The zero-order chi connectivity index (χ0) is 14.8. The van der Waals surface area contributed by atoms with Crippen molar-refractivity contribution < 1.29 is 9.59 Å². The summed E-state index contributed by atoms with van der Waals surface area (Å²) in [7, 11) is 0. The number of para-hydroxylation sites is 2. The molecule has 4 nitrogen and oxygen atoms in total. The molecule has 0 aliphatic carbocycles. The molecule has 0 spiro atoms. The van der Waals surface area contributed by atoms with Crippen LogP contribution in [0, 0.1) is 0 Å². The molecule has 106 valence electrons. The summed E-state index contributed by atoms with van der Waals surface area (Å²) in [5, 5.41) is -0.565. The van der Waals surface area contributed by atoms with Gasteiger partial charge < -0.3 is 4.90 Å². The Hall–Kier alpha value is -2.33. The molecule has 21 heavy (non-hydrogen) atoms. The number of anilines is 2. The number of amides is 2. The van der Waals surface area contributed by atoms with Crippen LogP contribution >= 0.6 is 11.6 Å². The van der Waals surface area contributed by atoms with Crippen LogP contribution in [0.1, 0.15) is 11.1 Å². The fourth-order valence-corrected chi connectivity index (χ4v) is 2.73. The quantitative estimate of drug-likeness (QED) is 0.459. The number of carbonyl (C=O) groups is 2. The highest BCUT2D eigenvalue weighted by molar-refractivity contribution is 6.66. The van der Waals surface area contributed by atoms with Crippen LogP contribution in [0.3, 0.4) is 0 Å². The number of benzene rings is 2. The largest absolute Gasteiger partial charge is 0.321 e. The average molecular weight is 301 g/mol. The number of fused-ring (bicyclic) bond motifs is 2. The first-order chi connectivity index (χ1) is 10.2. The molecule has 1 aliphatic heterocycles. The summed E-state index contributed by atoms with van der Waals surface area (Å²) in [4.78, 5) is 26.3. The van der Waals surface area contributed by atoms with E-state index < -0.39 is 5.37 Å². The fraction of sp³-hybridized carbons (Fsp3) is 0.125. The molecule has 2 aromatic rings. The van der Waals surface area contributed by atoms with Gasteiger partial charge in [-0.2, -0.15) is 0 Å². The molecule has 0 unspecified atom stereocenters. The maximum atomic E-state index is 11.8. The highest BCUT2D eigenvalue weighted by Crippen LogP contribution is 2.34. The van der Waals surface area contributed by atoms with Crippen molar-refractivity contribution in [1.82, 2.24) is 0 Å². The first-order valence-corrected chi connectivity index (χ1v) is 6.93. The first-order valence-electron chi connectivity index (χ1n) is 6.55. The van der Waals surface area contributed by atoms with Crippen molar-refractivity contribution in [3.8, 4) is 0 Å². The maximum absolute atomic E-state index is 11.8. The van der Waals surface area contributed by atoms with E-state index in [-0.39, 0.29) is 0 Å². The van der Waals surface area contributed by atoms with Gasteiger partial charge in [0.25, 0.3) is 0 Å². The number of carbonyl (C=O) groups excluding carboxylic acids is 2. The Labute approximate surface area is 127 Å². The molecule has 0 saturated heterocycles. The summed E-state index contributed by atoms with van der Waals surface area (Å²) in [6, 6.07) is 15.0. The van der Waals surface area contributed by atoms with Crippen molar-refractivity contribution in [2.75, 3.05) is 9.80 Å². The van der Waals surface area contributed by atoms with Crippen molar-refractivity contribution in [3.63, 3.8) is 0 Å². The monoisotopic (exact) mass is 300 g/mol. The van der Waals surface area contributed by atoms with Crippen LogP contribution in [-0.4, -0.2) is 11.8 Å². The highest BCUT2D eigenvalue weighted by atomic mass is 35.5. The van der Waals surface area contributed by atoms with Gasteiger partial charge in [0.1, 0.15) is 0 Å². The van der Waals surface area contributed by atoms with Gasteiger partial charge in [0.05, 0.1) is 24.5 Å². The third kappa shape index (κ3) is 2.50. The minimum absolute atomic E-state index is 0.391. The summed E-state index contributed by atoms with van der Waals surface area (Å²) in [5.41, 5.74) is 3.30. The Morgan fingerprint density at radius 1 is 0.952 bits per heavy atom. The van der Waals surface area contributed by atoms with Gasteiger partial charge in [-0.25, -0.2) is 0 Å². The Balaban J connectivity index is 2.19. The molecule has 0 aromatic heterocycles. The molecule has 0 bridgehead atoms. The Bertz CT molecular complexity index is 702. The van der Waals surface area contributed by atoms with Crippen LogP contribution in [0.2, 0.25) is 0 Å². The molecule has 0 fully saturated rings. The molecule has 1 aliphatic rings. The van der Waals surface area contributed by atoms with Gasteiger partial charge in [-0.15, -0.1) is 0 Å². The molecule has 3 rings (SSSR count). The Morgan fingerprint density at radius 3 is 2.14 bits per heavy atom. The Kier molecular flexibility index (Phi) is 3.62. The third-order valence-electron chi connectivity index (χ3n) is 3.61. The summed E-state index contributed by atoms with van der Waals surface area (Å²) in [6.07, 6.45) is 0.776. The van der Waals surface area contributed by atoms with E-state index >= 15 is 0 Å². The second kappa shape index (κ2) is 5.58. The zero-order valence-electron chi connectivity index (χ0n) is 11.2. The van der Waals surface area contributed by atoms with E-state index in [4.69, 9.17) is 11.6 Å². The first kappa shape index (κ1) is 13.6. The van der Waals surface area contributed by atoms with Gasteiger partial charge in [0, 0.05) is 0 Å². The summed E-state index contributed by atoms with van der Waals surface area (Å²) < 4.78 is 0. The SMILES string of the molecule is O=CN1Cc2ccccc2CN(C(=O)Cl)c2ccccc21. The van der Waals surface area contributed by atoms with Gasteiger partial charge in [-0.05, 0) is 34.9 Å². The van der Waals surface area contributed by atoms with E-state index in [9.17, 15) is 9.59 Å². The van der Waals surface area contributed by atoms with Crippen molar-refractivity contribution in [2.24, 2.45) is 0 Å². The highest BCUT2D eigenvalue weighted by Gasteiger charge is 2.24.